The molecule has 1 aromatic heterocycles. The maximum absolute atomic E-state index is 4.56. The summed E-state index contributed by atoms with van der Waals surface area (Å²) in [6.45, 7) is 6.72. The minimum absolute atomic E-state index is 0.530. The first kappa shape index (κ1) is 19.0. The molecule has 0 amide bonds. The molecule has 1 aliphatic rings. The number of nitrogens with zero attached hydrogens (tertiary/aromatic N) is 3. The predicted molar refractivity (Wildman–Crippen MR) is 120 cm³/mol. The third kappa shape index (κ3) is 3.66. The van der Waals surface area contributed by atoms with Gasteiger partial charge in [-0.2, -0.15) is 0 Å². The van der Waals surface area contributed by atoms with Crippen LogP contribution in [0.3, 0.4) is 0 Å². The van der Waals surface area contributed by atoms with Gasteiger partial charge < -0.3 is 10.2 Å². The molecule has 0 aliphatic carbocycles. The summed E-state index contributed by atoms with van der Waals surface area (Å²) in [4.78, 5) is 12.7. The van der Waals surface area contributed by atoms with Gasteiger partial charge in [0.15, 0.2) is 0 Å². The highest BCUT2D eigenvalue weighted by molar-refractivity contribution is 7.97. The van der Waals surface area contributed by atoms with Gasteiger partial charge in [-0.15, -0.1) is 0 Å². The molecular weight excluding hydrogens is 366 g/mol. The van der Waals surface area contributed by atoms with E-state index in [1.807, 2.05) is 7.05 Å². The first-order valence-electron chi connectivity index (χ1n) is 9.81. The fourth-order valence-corrected chi connectivity index (χ4v) is 4.64. The lowest BCUT2D eigenvalue weighted by molar-refractivity contribution is 0.694. The SMILES string of the molecule is CNSc1ccc(N2C(C)CCC2C)c(Nc2ncnc3ccc(C)cc23)c1. The lowest BCUT2D eigenvalue weighted by Crippen LogP contribution is -2.33. The van der Waals surface area contributed by atoms with E-state index >= 15 is 0 Å². The van der Waals surface area contributed by atoms with Crippen LogP contribution in [0.15, 0.2) is 47.6 Å². The second kappa shape index (κ2) is 7.97. The fourth-order valence-electron chi connectivity index (χ4n) is 4.09. The quantitative estimate of drug-likeness (QED) is 0.575. The smallest absolute Gasteiger partial charge is 0.141 e. The summed E-state index contributed by atoms with van der Waals surface area (Å²) in [5, 5.41) is 4.67. The van der Waals surface area contributed by atoms with Gasteiger partial charge in [0.1, 0.15) is 12.1 Å². The maximum Gasteiger partial charge on any atom is 0.141 e. The molecule has 6 heteroatoms. The Morgan fingerprint density at radius 2 is 1.82 bits per heavy atom. The Balaban J connectivity index is 1.80. The molecule has 2 atom stereocenters. The molecule has 1 aliphatic heterocycles. The Labute approximate surface area is 171 Å². The minimum atomic E-state index is 0.530. The van der Waals surface area contributed by atoms with Crippen molar-refractivity contribution < 1.29 is 0 Å². The van der Waals surface area contributed by atoms with E-state index in [-0.39, 0.29) is 0 Å². The van der Waals surface area contributed by atoms with Crippen LogP contribution < -0.4 is 14.9 Å². The zero-order valence-corrected chi connectivity index (χ0v) is 17.7. The molecule has 3 aromatic rings. The molecule has 4 rings (SSSR count). The van der Waals surface area contributed by atoms with Crippen LogP contribution in [0, 0.1) is 6.92 Å². The van der Waals surface area contributed by atoms with Crippen molar-refractivity contribution in [3.05, 3.63) is 48.3 Å². The molecule has 2 N–H and O–H groups in total. The van der Waals surface area contributed by atoms with E-state index in [1.165, 1.54) is 29.0 Å². The Kier molecular flexibility index (Phi) is 5.42. The van der Waals surface area contributed by atoms with Crippen LogP contribution >= 0.6 is 11.9 Å². The summed E-state index contributed by atoms with van der Waals surface area (Å²) in [7, 11) is 1.94. The summed E-state index contributed by atoms with van der Waals surface area (Å²) in [5.41, 5.74) is 4.47. The van der Waals surface area contributed by atoms with E-state index in [9.17, 15) is 0 Å². The number of fused-ring (bicyclic) bond motifs is 1. The Bertz CT molecular complexity index is 980. The van der Waals surface area contributed by atoms with Crippen molar-refractivity contribution in [2.45, 2.75) is 50.6 Å². The molecule has 1 saturated heterocycles. The van der Waals surface area contributed by atoms with Gasteiger partial charge >= 0.3 is 0 Å². The van der Waals surface area contributed by atoms with E-state index in [4.69, 9.17) is 0 Å². The molecule has 0 bridgehead atoms. The summed E-state index contributed by atoms with van der Waals surface area (Å²) in [6, 6.07) is 14.0. The third-order valence-electron chi connectivity index (χ3n) is 5.46. The van der Waals surface area contributed by atoms with Crippen molar-refractivity contribution in [1.29, 1.82) is 0 Å². The number of aromatic nitrogens is 2. The number of nitrogens with one attached hydrogen (secondary N) is 2. The lowest BCUT2D eigenvalue weighted by atomic mass is 10.1. The van der Waals surface area contributed by atoms with Gasteiger partial charge in [-0.25, -0.2) is 9.97 Å². The topological polar surface area (TPSA) is 53.1 Å². The number of rotatable bonds is 5. The average molecular weight is 394 g/mol. The summed E-state index contributed by atoms with van der Waals surface area (Å²) in [6.07, 6.45) is 4.08. The molecule has 2 unspecified atom stereocenters. The van der Waals surface area contributed by atoms with E-state index in [0.29, 0.717) is 12.1 Å². The third-order valence-corrected chi connectivity index (χ3v) is 6.16. The molecule has 2 aromatic carbocycles. The molecule has 1 fully saturated rings. The highest BCUT2D eigenvalue weighted by Gasteiger charge is 2.29. The van der Waals surface area contributed by atoms with Crippen molar-refractivity contribution in [2.24, 2.45) is 0 Å². The first-order valence-corrected chi connectivity index (χ1v) is 10.6. The molecule has 0 spiro atoms. The molecular formula is C22H27N5S. The number of benzene rings is 2. The summed E-state index contributed by atoms with van der Waals surface area (Å²) in [5.74, 6) is 0.848. The van der Waals surface area contributed by atoms with Crippen molar-refractivity contribution in [3.8, 4) is 0 Å². The predicted octanol–water partition coefficient (Wildman–Crippen LogP) is 5.29. The first-order chi connectivity index (χ1) is 13.6. The van der Waals surface area contributed by atoms with Gasteiger partial charge in [0.05, 0.1) is 16.9 Å². The maximum atomic E-state index is 4.56. The Hall–Kier alpha value is -2.31. The fraction of sp³-hybridized carbons (Fsp3) is 0.364. The monoisotopic (exact) mass is 393 g/mol. The normalized spacial score (nSPS) is 19.4. The largest absolute Gasteiger partial charge is 0.364 e. The van der Waals surface area contributed by atoms with Gasteiger partial charge in [0.25, 0.3) is 0 Å². The number of hydrogen-bond acceptors (Lipinski definition) is 6. The van der Waals surface area contributed by atoms with Gasteiger partial charge in [0.2, 0.25) is 0 Å². The Morgan fingerprint density at radius 1 is 1.04 bits per heavy atom. The number of aryl methyl sites for hydroxylation is 1. The van der Waals surface area contributed by atoms with Crippen LogP contribution in [-0.4, -0.2) is 29.1 Å². The van der Waals surface area contributed by atoms with Crippen molar-refractivity contribution in [1.82, 2.24) is 14.7 Å². The molecule has 146 valence electrons. The van der Waals surface area contributed by atoms with Crippen LogP contribution in [0.1, 0.15) is 32.3 Å². The van der Waals surface area contributed by atoms with Crippen LogP contribution in [0.25, 0.3) is 10.9 Å². The molecule has 0 saturated carbocycles. The summed E-state index contributed by atoms with van der Waals surface area (Å²) >= 11 is 1.62. The van der Waals surface area contributed by atoms with E-state index in [0.717, 1.165) is 22.4 Å². The van der Waals surface area contributed by atoms with Crippen LogP contribution in [0.4, 0.5) is 17.2 Å². The zero-order valence-electron chi connectivity index (χ0n) is 16.9. The highest BCUT2D eigenvalue weighted by atomic mass is 32.2. The summed E-state index contributed by atoms with van der Waals surface area (Å²) < 4.78 is 3.17. The van der Waals surface area contributed by atoms with Gasteiger partial charge in [0, 0.05) is 22.4 Å². The second-order valence-corrected chi connectivity index (χ2v) is 8.62. The second-order valence-electron chi connectivity index (χ2n) is 7.54. The van der Waals surface area contributed by atoms with Crippen molar-refractivity contribution in [3.63, 3.8) is 0 Å². The van der Waals surface area contributed by atoms with Crippen LogP contribution in [-0.2, 0) is 0 Å². The Morgan fingerprint density at radius 3 is 2.57 bits per heavy atom. The van der Waals surface area contributed by atoms with E-state index in [1.54, 1.807) is 18.3 Å². The van der Waals surface area contributed by atoms with E-state index < -0.39 is 0 Å². The standard InChI is InChI=1S/C22H27N5S/c1-14-5-9-19-18(11-14)22(25-13-24-19)26-20-12-17(28-23-4)8-10-21(20)27-15(2)6-7-16(27)3/h5,8-13,15-16,23H,6-7H2,1-4H3,(H,24,25,26). The molecule has 2 heterocycles. The highest BCUT2D eigenvalue weighted by Crippen LogP contribution is 2.39. The zero-order chi connectivity index (χ0) is 19.7. The van der Waals surface area contributed by atoms with Crippen molar-refractivity contribution in [2.75, 3.05) is 17.3 Å². The van der Waals surface area contributed by atoms with Gasteiger partial charge in [-0.1, -0.05) is 11.6 Å². The molecule has 5 nitrogen and oxygen atoms in total. The molecule has 0 radical (unpaired) electrons. The van der Waals surface area contributed by atoms with Crippen LogP contribution in [0.2, 0.25) is 0 Å². The molecule has 28 heavy (non-hydrogen) atoms. The number of anilines is 3. The van der Waals surface area contributed by atoms with Crippen LogP contribution in [0.5, 0.6) is 0 Å². The van der Waals surface area contributed by atoms with Crippen molar-refractivity contribution >= 4 is 40.0 Å². The van der Waals surface area contributed by atoms with Gasteiger partial charge in [-0.3, -0.25) is 4.72 Å². The minimum Gasteiger partial charge on any atom is -0.364 e. The van der Waals surface area contributed by atoms with Gasteiger partial charge in [-0.05, 0) is 82.9 Å². The number of hydrogen-bond donors (Lipinski definition) is 2. The van der Waals surface area contributed by atoms with E-state index in [2.05, 4.69) is 82.1 Å². The average Bonchev–Trinajstić information content (AvgIpc) is 3.01. The lowest BCUT2D eigenvalue weighted by Gasteiger charge is -2.31.